The first kappa shape index (κ1) is 26.9. The van der Waals surface area contributed by atoms with Crippen molar-refractivity contribution >= 4 is 27.5 Å². The van der Waals surface area contributed by atoms with Gasteiger partial charge in [-0.3, -0.25) is 13.9 Å². The molecule has 0 radical (unpaired) electrons. The van der Waals surface area contributed by atoms with Crippen molar-refractivity contribution < 1.29 is 18.0 Å². The third-order valence-corrected chi connectivity index (χ3v) is 7.61. The van der Waals surface area contributed by atoms with Crippen molar-refractivity contribution in [1.29, 1.82) is 0 Å². The van der Waals surface area contributed by atoms with Crippen LogP contribution in [0.15, 0.2) is 89.8 Å². The van der Waals surface area contributed by atoms with E-state index in [0.29, 0.717) is 18.7 Å². The zero-order chi connectivity index (χ0) is 26.1. The highest BCUT2D eigenvalue weighted by Crippen LogP contribution is 2.24. The molecule has 3 aromatic rings. The monoisotopic (exact) mass is 507 g/mol. The summed E-state index contributed by atoms with van der Waals surface area (Å²) in [5.41, 5.74) is 2.27. The summed E-state index contributed by atoms with van der Waals surface area (Å²) in [5.74, 6) is -0.726. The van der Waals surface area contributed by atoms with Gasteiger partial charge in [0.2, 0.25) is 11.8 Å². The van der Waals surface area contributed by atoms with Crippen LogP contribution in [-0.2, 0) is 26.2 Å². The number of aryl methyl sites for hydroxylation is 1. The van der Waals surface area contributed by atoms with Crippen LogP contribution in [0.5, 0.6) is 0 Å². The molecule has 1 N–H and O–H groups in total. The highest BCUT2D eigenvalue weighted by Gasteiger charge is 2.33. The normalized spacial score (nSPS) is 12.0. The predicted octanol–water partition coefficient (Wildman–Crippen LogP) is 4.13. The van der Waals surface area contributed by atoms with Crippen molar-refractivity contribution in [1.82, 2.24) is 10.2 Å². The van der Waals surface area contributed by atoms with Gasteiger partial charge in [-0.15, -0.1) is 0 Å². The molecule has 8 heteroatoms. The number of nitrogens with zero attached hydrogens (tertiary/aromatic N) is 2. The average Bonchev–Trinajstić information content (AvgIpc) is 2.88. The Morgan fingerprint density at radius 1 is 0.889 bits per heavy atom. The van der Waals surface area contributed by atoms with Gasteiger partial charge >= 0.3 is 0 Å². The molecule has 0 fully saturated rings. The van der Waals surface area contributed by atoms with Crippen molar-refractivity contribution in [2.24, 2.45) is 0 Å². The quantitative estimate of drug-likeness (QED) is 0.423. The molecule has 0 unspecified atom stereocenters. The number of anilines is 1. The molecule has 0 saturated carbocycles. The van der Waals surface area contributed by atoms with Gasteiger partial charge in [0.1, 0.15) is 12.6 Å². The van der Waals surface area contributed by atoms with Crippen LogP contribution in [0.4, 0.5) is 5.69 Å². The minimum atomic E-state index is -4.04. The van der Waals surface area contributed by atoms with Crippen molar-refractivity contribution in [3.63, 3.8) is 0 Å². The number of rotatable bonds is 11. The van der Waals surface area contributed by atoms with E-state index in [0.717, 1.165) is 15.4 Å². The Morgan fingerprint density at radius 2 is 1.53 bits per heavy atom. The Bertz CT molecular complexity index is 1260. The molecule has 0 saturated heterocycles. The fourth-order valence-corrected chi connectivity index (χ4v) is 5.50. The molecule has 1 atom stereocenters. The number of likely N-dealkylation sites (N-methyl/N-ethyl adjacent to an activating group) is 1. The van der Waals surface area contributed by atoms with E-state index in [-0.39, 0.29) is 17.3 Å². The first-order valence-electron chi connectivity index (χ1n) is 12.0. The number of amides is 2. The summed E-state index contributed by atoms with van der Waals surface area (Å²) in [6.07, 6.45) is 0.389. The minimum Gasteiger partial charge on any atom is -0.355 e. The molecule has 7 nitrogen and oxygen atoms in total. The van der Waals surface area contributed by atoms with Gasteiger partial charge in [0.15, 0.2) is 0 Å². The molecule has 190 valence electrons. The average molecular weight is 508 g/mol. The van der Waals surface area contributed by atoms with Gasteiger partial charge in [0.25, 0.3) is 10.0 Å². The Labute approximate surface area is 213 Å². The van der Waals surface area contributed by atoms with Gasteiger partial charge in [-0.05, 0) is 50.1 Å². The van der Waals surface area contributed by atoms with Crippen LogP contribution < -0.4 is 9.62 Å². The van der Waals surface area contributed by atoms with Crippen LogP contribution in [0.1, 0.15) is 31.4 Å². The molecule has 0 aliphatic heterocycles. The van der Waals surface area contributed by atoms with Crippen molar-refractivity contribution in [2.45, 2.75) is 44.7 Å². The predicted molar refractivity (Wildman–Crippen MR) is 142 cm³/mol. The molecule has 36 heavy (non-hydrogen) atoms. The van der Waals surface area contributed by atoms with Crippen LogP contribution in [0.3, 0.4) is 0 Å². The standard InChI is InChI=1S/C28H33N3O4S/c1-4-26(28(33)29-5-2)30(20-23-14-12-13-22(3)19-23)27(32)21-31(24-15-8-6-9-16-24)36(34,35)25-17-10-7-11-18-25/h6-19,26H,4-5,20-21H2,1-3H3,(H,29,33)/t26-/m1/s1. The summed E-state index contributed by atoms with van der Waals surface area (Å²) in [6.45, 7) is 5.79. The van der Waals surface area contributed by atoms with E-state index in [1.807, 2.05) is 45.0 Å². The summed E-state index contributed by atoms with van der Waals surface area (Å²) >= 11 is 0. The maximum atomic E-state index is 13.8. The molecule has 0 spiro atoms. The lowest BCUT2D eigenvalue weighted by Crippen LogP contribution is -2.52. The number of carbonyl (C=O) groups excluding carboxylic acids is 2. The zero-order valence-corrected chi connectivity index (χ0v) is 21.7. The van der Waals surface area contributed by atoms with E-state index in [1.165, 1.54) is 17.0 Å². The second-order valence-electron chi connectivity index (χ2n) is 8.49. The zero-order valence-electron chi connectivity index (χ0n) is 20.9. The maximum Gasteiger partial charge on any atom is 0.264 e. The van der Waals surface area contributed by atoms with Gasteiger partial charge < -0.3 is 10.2 Å². The Kier molecular flexibility index (Phi) is 9.25. The number of hydrogen-bond donors (Lipinski definition) is 1. The Balaban J connectivity index is 2.02. The van der Waals surface area contributed by atoms with Gasteiger partial charge in [0.05, 0.1) is 10.6 Å². The molecular formula is C28H33N3O4S. The van der Waals surface area contributed by atoms with E-state index >= 15 is 0 Å². The van der Waals surface area contributed by atoms with Crippen LogP contribution in [-0.4, -0.2) is 44.3 Å². The second-order valence-corrected chi connectivity index (χ2v) is 10.4. The van der Waals surface area contributed by atoms with E-state index in [2.05, 4.69) is 5.32 Å². The molecule has 0 aliphatic carbocycles. The molecule has 0 bridgehead atoms. The molecule has 2 amide bonds. The first-order valence-corrected chi connectivity index (χ1v) is 13.5. The fourth-order valence-electron chi connectivity index (χ4n) is 4.06. The topological polar surface area (TPSA) is 86.8 Å². The van der Waals surface area contributed by atoms with Crippen LogP contribution in [0, 0.1) is 6.92 Å². The van der Waals surface area contributed by atoms with Crippen molar-refractivity contribution in [3.05, 3.63) is 96.1 Å². The van der Waals surface area contributed by atoms with Crippen molar-refractivity contribution in [2.75, 3.05) is 17.4 Å². The largest absolute Gasteiger partial charge is 0.355 e. The lowest BCUT2D eigenvalue weighted by Gasteiger charge is -2.33. The third-order valence-electron chi connectivity index (χ3n) is 5.83. The fraction of sp³-hybridized carbons (Fsp3) is 0.286. The number of carbonyl (C=O) groups is 2. The molecule has 3 rings (SSSR count). The van der Waals surface area contributed by atoms with Crippen LogP contribution >= 0.6 is 0 Å². The number of nitrogens with one attached hydrogen (secondary N) is 1. The molecule has 0 aliphatic rings. The SMILES string of the molecule is CCNC(=O)[C@@H](CC)N(Cc1cccc(C)c1)C(=O)CN(c1ccccc1)S(=O)(=O)c1ccccc1. The number of benzene rings is 3. The summed E-state index contributed by atoms with van der Waals surface area (Å²) < 4.78 is 28.4. The summed E-state index contributed by atoms with van der Waals surface area (Å²) in [6, 6.07) is 23.5. The lowest BCUT2D eigenvalue weighted by molar-refractivity contribution is -0.140. The van der Waals surface area contributed by atoms with Gasteiger partial charge in [-0.2, -0.15) is 0 Å². The van der Waals surface area contributed by atoms with E-state index in [9.17, 15) is 18.0 Å². The highest BCUT2D eigenvalue weighted by atomic mass is 32.2. The van der Waals surface area contributed by atoms with E-state index < -0.39 is 28.5 Å². The maximum absolute atomic E-state index is 13.8. The Morgan fingerprint density at radius 3 is 2.11 bits per heavy atom. The van der Waals surface area contributed by atoms with Crippen LogP contribution in [0.25, 0.3) is 0 Å². The number of sulfonamides is 1. The highest BCUT2D eigenvalue weighted by molar-refractivity contribution is 7.92. The molecular weight excluding hydrogens is 474 g/mol. The smallest absolute Gasteiger partial charge is 0.264 e. The van der Waals surface area contributed by atoms with E-state index in [4.69, 9.17) is 0 Å². The summed E-state index contributed by atoms with van der Waals surface area (Å²) in [4.78, 5) is 28.3. The molecule has 0 aromatic heterocycles. The number of para-hydroxylation sites is 1. The Hall–Kier alpha value is -3.65. The van der Waals surface area contributed by atoms with Gasteiger partial charge in [-0.25, -0.2) is 8.42 Å². The molecule has 0 heterocycles. The third kappa shape index (κ3) is 6.51. The van der Waals surface area contributed by atoms with Gasteiger partial charge in [-0.1, -0.05) is 73.2 Å². The van der Waals surface area contributed by atoms with Crippen LogP contribution in [0.2, 0.25) is 0 Å². The van der Waals surface area contributed by atoms with E-state index in [1.54, 1.807) is 48.5 Å². The number of hydrogen-bond acceptors (Lipinski definition) is 4. The minimum absolute atomic E-state index is 0.0858. The lowest BCUT2D eigenvalue weighted by atomic mass is 10.1. The van der Waals surface area contributed by atoms with Crippen molar-refractivity contribution in [3.8, 4) is 0 Å². The first-order chi connectivity index (χ1) is 17.3. The summed E-state index contributed by atoms with van der Waals surface area (Å²) in [5, 5.41) is 2.81. The van der Waals surface area contributed by atoms with Gasteiger partial charge in [0, 0.05) is 13.1 Å². The molecule has 3 aromatic carbocycles. The second kappa shape index (κ2) is 12.4. The summed E-state index contributed by atoms with van der Waals surface area (Å²) in [7, 11) is -4.04.